The molecule has 0 spiro atoms. The van der Waals surface area contributed by atoms with Crippen molar-refractivity contribution < 1.29 is 9.84 Å². The molecule has 7 nitrogen and oxygen atoms in total. The molecule has 1 fully saturated rings. The summed E-state index contributed by atoms with van der Waals surface area (Å²) < 4.78 is 5.53. The second-order valence-electron chi connectivity index (χ2n) is 5.66. The van der Waals surface area contributed by atoms with Crippen molar-refractivity contribution in [3.05, 3.63) is 29.6 Å². The summed E-state index contributed by atoms with van der Waals surface area (Å²) in [7, 11) is 0. The molecule has 134 valence electrons. The van der Waals surface area contributed by atoms with Crippen LogP contribution in [-0.2, 0) is 4.74 Å². The predicted molar refractivity (Wildman–Crippen MR) is 103 cm³/mol. The van der Waals surface area contributed by atoms with Crippen LogP contribution in [0.3, 0.4) is 0 Å². The quantitative estimate of drug-likeness (QED) is 0.832. The average molecular weight is 384 g/mol. The van der Waals surface area contributed by atoms with Gasteiger partial charge in [0.2, 0.25) is 11.8 Å². The number of hydrogen-bond acceptors (Lipinski definition) is 6. The summed E-state index contributed by atoms with van der Waals surface area (Å²) in [6, 6.07) is 3.83. The lowest BCUT2D eigenvalue weighted by Crippen LogP contribution is -2.41. The van der Waals surface area contributed by atoms with Crippen molar-refractivity contribution in [2.75, 3.05) is 24.6 Å². The lowest BCUT2D eigenvalue weighted by Gasteiger charge is -2.30. The zero-order valence-electron chi connectivity index (χ0n) is 13.5. The molecular formula is C16H19Cl2N5O2. The van der Waals surface area contributed by atoms with Crippen molar-refractivity contribution >= 4 is 54.4 Å². The van der Waals surface area contributed by atoms with Crippen LogP contribution < -0.4 is 4.90 Å². The summed E-state index contributed by atoms with van der Waals surface area (Å²) >= 11 is 0. The molecule has 0 radical (unpaired) electrons. The first kappa shape index (κ1) is 19.2. The highest BCUT2D eigenvalue weighted by molar-refractivity contribution is 6.20. The summed E-state index contributed by atoms with van der Waals surface area (Å²) in [6.07, 6.45) is 5.45. The van der Waals surface area contributed by atoms with Crippen molar-refractivity contribution in [2.24, 2.45) is 4.99 Å². The van der Waals surface area contributed by atoms with Crippen LogP contribution in [0.15, 0.2) is 23.3 Å². The number of aromatic amines is 1. The third kappa shape index (κ3) is 3.78. The van der Waals surface area contributed by atoms with Gasteiger partial charge in [-0.3, -0.25) is 0 Å². The maximum Gasteiger partial charge on any atom is 0.238 e. The molecule has 0 amide bonds. The van der Waals surface area contributed by atoms with E-state index in [-0.39, 0.29) is 36.8 Å². The van der Waals surface area contributed by atoms with Crippen molar-refractivity contribution in [1.29, 1.82) is 0 Å². The average Bonchev–Trinajstić information content (AvgIpc) is 3.13. The Labute approximate surface area is 157 Å². The standard InChI is InChI=1S/C16H17N5O2.2ClH/c1-10-9-21(5-6-23-10)16-19-13(15(22)20-16)7-11-8-18-14-12(11)3-2-4-17-14;;/h2-4,7-8,10,22H,5-6,9H2,1H3,(H,19,20);2*1H/b11-7+;;. The van der Waals surface area contributed by atoms with Crippen molar-refractivity contribution in [2.45, 2.75) is 13.0 Å². The number of aliphatic imine (C=N–C) groups is 1. The van der Waals surface area contributed by atoms with Gasteiger partial charge in [-0.1, -0.05) is 0 Å². The molecule has 25 heavy (non-hydrogen) atoms. The molecule has 0 aliphatic carbocycles. The van der Waals surface area contributed by atoms with Crippen molar-refractivity contribution in [1.82, 2.24) is 15.0 Å². The molecule has 4 rings (SSSR count). The summed E-state index contributed by atoms with van der Waals surface area (Å²) in [5.41, 5.74) is 2.41. The lowest BCUT2D eigenvalue weighted by molar-refractivity contribution is 0.0526. The maximum absolute atomic E-state index is 10.1. The Balaban J connectivity index is 0.00000113. The van der Waals surface area contributed by atoms with Gasteiger partial charge >= 0.3 is 0 Å². The highest BCUT2D eigenvalue weighted by atomic mass is 35.5. The Morgan fingerprint density at radius 1 is 1.40 bits per heavy atom. The smallest absolute Gasteiger partial charge is 0.238 e. The molecule has 0 saturated carbocycles. The first-order valence-corrected chi connectivity index (χ1v) is 7.57. The van der Waals surface area contributed by atoms with Gasteiger partial charge in [0.05, 0.1) is 12.7 Å². The van der Waals surface area contributed by atoms with Crippen LogP contribution >= 0.6 is 24.8 Å². The van der Waals surface area contributed by atoms with E-state index in [0.29, 0.717) is 24.1 Å². The van der Waals surface area contributed by atoms with Gasteiger partial charge in [-0.25, -0.2) is 9.98 Å². The number of allylic oxidation sites excluding steroid dienone is 1. The van der Waals surface area contributed by atoms with Crippen LogP contribution in [0.1, 0.15) is 18.2 Å². The van der Waals surface area contributed by atoms with E-state index < -0.39 is 0 Å². The molecule has 2 aliphatic rings. The fourth-order valence-electron chi connectivity index (χ4n) is 2.82. The minimum atomic E-state index is -0.0163. The number of nitrogens with one attached hydrogen (secondary N) is 1. The van der Waals surface area contributed by atoms with Crippen molar-refractivity contribution in [3.63, 3.8) is 0 Å². The first-order chi connectivity index (χ1) is 11.2. The van der Waals surface area contributed by atoms with Crippen LogP contribution in [0.2, 0.25) is 0 Å². The zero-order valence-corrected chi connectivity index (χ0v) is 15.2. The van der Waals surface area contributed by atoms with E-state index in [0.717, 1.165) is 24.2 Å². The van der Waals surface area contributed by atoms with E-state index in [1.54, 1.807) is 12.4 Å². The van der Waals surface area contributed by atoms with E-state index in [1.165, 1.54) is 0 Å². The highest BCUT2D eigenvalue weighted by Gasteiger charge is 2.21. The van der Waals surface area contributed by atoms with Crippen LogP contribution in [0.25, 0.3) is 11.6 Å². The molecule has 0 aromatic carbocycles. The van der Waals surface area contributed by atoms with Gasteiger partial charge < -0.3 is 19.7 Å². The molecular weight excluding hydrogens is 365 g/mol. The first-order valence-electron chi connectivity index (χ1n) is 7.57. The second kappa shape index (κ2) is 7.86. The Bertz CT molecular complexity index is 806. The summed E-state index contributed by atoms with van der Waals surface area (Å²) in [5.74, 6) is 1.34. The summed E-state index contributed by atoms with van der Waals surface area (Å²) in [5, 5.41) is 10.1. The number of rotatable bonds is 2. The monoisotopic (exact) mass is 383 g/mol. The summed E-state index contributed by atoms with van der Waals surface area (Å²) in [6.45, 7) is 4.18. The third-order valence-electron chi connectivity index (χ3n) is 3.96. The number of pyridine rings is 1. The maximum atomic E-state index is 10.1. The SMILES string of the molecule is CC1CN(c2nc(O)c(/C=C3\C=Nc4ncccc43)[nH]2)CCO1.Cl.Cl. The molecule has 1 atom stereocenters. The molecule has 4 heterocycles. The Hall–Kier alpha value is -2.09. The molecule has 9 heteroatoms. The van der Waals surface area contributed by atoms with Gasteiger partial charge in [-0.2, -0.15) is 4.98 Å². The molecule has 0 bridgehead atoms. The van der Waals surface area contributed by atoms with E-state index in [4.69, 9.17) is 4.74 Å². The van der Waals surface area contributed by atoms with Crippen LogP contribution in [0.5, 0.6) is 5.88 Å². The van der Waals surface area contributed by atoms with E-state index in [9.17, 15) is 5.11 Å². The molecule has 2 aromatic heterocycles. The van der Waals surface area contributed by atoms with E-state index >= 15 is 0 Å². The van der Waals surface area contributed by atoms with E-state index in [1.807, 2.05) is 25.1 Å². The van der Waals surface area contributed by atoms with Gasteiger partial charge in [-0.15, -0.1) is 24.8 Å². The molecule has 2 N–H and O–H groups in total. The fourth-order valence-corrected chi connectivity index (χ4v) is 2.82. The minimum Gasteiger partial charge on any atom is -0.492 e. The molecule has 2 aliphatic heterocycles. The largest absolute Gasteiger partial charge is 0.492 e. The van der Waals surface area contributed by atoms with Crippen molar-refractivity contribution in [3.8, 4) is 5.88 Å². The third-order valence-corrected chi connectivity index (χ3v) is 3.96. The number of ether oxygens (including phenoxy) is 1. The lowest BCUT2D eigenvalue weighted by atomic mass is 10.1. The van der Waals surface area contributed by atoms with Gasteiger partial charge in [0.25, 0.3) is 0 Å². The van der Waals surface area contributed by atoms with Crippen LogP contribution in [0, 0.1) is 0 Å². The highest BCUT2D eigenvalue weighted by Crippen LogP contribution is 2.32. The Kier molecular flexibility index (Phi) is 6.05. The normalized spacial score (nSPS) is 20.1. The van der Waals surface area contributed by atoms with E-state index in [2.05, 4.69) is 24.8 Å². The number of aromatic hydroxyl groups is 1. The molecule has 1 unspecified atom stereocenters. The number of morpholine rings is 1. The Morgan fingerprint density at radius 2 is 2.24 bits per heavy atom. The van der Waals surface area contributed by atoms with Gasteiger partial charge in [0.1, 0.15) is 5.69 Å². The number of anilines is 1. The molecule has 1 saturated heterocycles. The number of imidazole rings is 1. The zero-order chi connectivity index (χ0) is 15.8. The number of H-pyrrole nitrogens is 1. The van der Waals surface area contributed by atoms with Gasteiger partial charge in [0.15, 0.2) is 5.82 Å². The fraction of sp³-hybridized carbons (Fsp3) is 0.312. The van der Waals surface area contributed by atoms with Gasteiger partial charge in [0, 0.05) is 36.6 Å². The number of nitrogens with zero attached hydrogens (tertiary/aromatic N) is 4. The number of aromatic nitrogens is 3. The summed E-state index contributed by atoms with van der Waals surface area (Å²) in [4.78, 5) is 18.0. The predicted octanol–water partition coefficient (Wildman–Crippen LogP) is 2.84. The number of hydrogen-bond donors (Lipinski definition) is 2. The molecule has 2 aromatic rings. The minimum absolute atomic E-state index is 0. The number of halogens is 2. The van der Waals surface area contributed by atoms with Crippen LogP contribution in [0.4, 0.5) is 11.8 Å². The van der Waals surface area contributed by atoms with Gasteiger partial charge in [-0.05, 0) is 25.1 Å². The topological polar surface area (TPSA) is 86.6 Å². The van der Waals surface area contributed by atoms with Crippen LogP contribution in [-0.4, -0.2) is 52.1 Å². The Morgan fingerprint density at radius 3 is 3.04 bits per heavy atom. The number of fused-ring (bicyclic) bond motifs is 1. The second-order valence-corrected chi connectivity index (χ2v) is 5.66.